The molecule has 1 unspecified atom stereocenters. The zero-order chi connectivity index (χ0) is 9.68. The Morgan fingerprint density at radius 1 is 1.21 bits per heavy atom. The zero-order valence-electron chi connectivity index (χ0n) is 8.70. The largest absolute Gasteiger partial charge is 1.00 e. The fraction of sp³-hybridized carbons (Fsp3) is 0.455. The van der Waals surface area contributed by atoms with E-state index in [0.717, 1.165) is 18.5 Å². The van der Waals surface area contributed by atoms with Crippen LogP contribution in [0.3, 0.4) is 0 Å². The van der Waals surface area contributed by atoms with Crippen LogP contribution >= 0.6 is 0 Å². The van der Waals surface area contributed by atoms with Gasteiger partial charge in [-0.25, -0.2) is 0 Å². The maximum absolute atomic E-state index is 9.76. The summed E-state index contributed by atoms with van der Waals surface area (Å²) in [6.07, 6.45) is 0.517. The molecule has 1 rings (SSSR count). The van der Waals surface area contributed by atoms with Crippen LogP contribution < -0.4 is 17.3 Å². The number of hydrogen-bond donors (Lipinski definition) is 2. The third-order valence-electron chi connectivity index (χ3n) is 2.10. The molecule has 0 aliphatic heterocycles. The molecule has 1 aromatic carbocycles. The van der Waals surface area contributed by atoms with Crippen LogP contribution in [0.2, 0.25) is 0 Å². The van der Waals surface area contributed by atoms with E-state index >= 15 is 0 Å². The first-order chi connectivity index (χ1) is 6.20. The van der Waals surface area contributed by atoms with Crippen molar-refractivity contribution in [1.29, 1.82) is 0 Å². The highest BCUT2D eigenvalue weighted by molar-refractivity contribution is 5.16. The monoisotopic (exact) mass is 215 g/mol. The Balaban J connectivity index is 0.00000169. The number of rotatable bonds is 4. The van der Waals surface area contributed by atoms with Crippen LogP contribution in [0.5, 0.6) is 0 Å². The lowest BCUT2D eigenvalue weighted by Crippen LogP contribution is -3.05. The van der Waals surface area contributed by atoms with E-state index in [1.807, 2.05) is 30.3 Å². The Bertz CT molecular complexity index is 238. The maximum Gasteiger partial charge on any atom is 0.0843 e. The molecule has 2 N–H and O–H groups in total. The minimum atomic E-state index is -0.309. The summed E-state index contributed by atoms with van der Waals surface area (Å²) in [5.74, 6) is 0. The number of aliphatic hydroxyl groups excluding tert-OH is 1. The lowest BCUT2D eigenvalue weighted by atomic mass is 10.1. The zero-order valence-corrected chi connectivity index (χ0v) is 9.46. The van der Waals surface area contributed by atoms with Crippen molar-refractivity contribution in [1.82, 2.24) is 0 Å². The summed E-state index contributed by atoms with van der Waals surface area (Å²) >= 11 is 0. The molecular formula is C11H18ClNO. The van der Waals surface area contributed by atoms with Gasteiger partial charge in [0.25, 0.3) is 0 Å². The fourth-order valence-electron chi connectivity index (χ4n) is 1.27. The molecule has 0 fully saturated rings. The van der Waals surface area contributed by atoms with Gasteiger partial charge in [0.15, 0.2) is 0 Å². The van der Waals surface area contributed by atoms with Crippen molar-refractivity contribution in [3.63, 3.8) is 0 Å². The summed E-state index contributed by atoms with van der Waals surface area (Å²) in [4.78, 5) is 1.37. The van der Waals surface area contributed by atoms with Crippen molar-refractivity contribution in [2.45, 2.75) is 12.5 Å². The van der Waals surface area contributed by atoms with Gasteiger partial charge < -0.3 is 22.4 Å². The molecule has 0 amide bonds. The van der Waals surface area contributed by atoms with Gasteiger partial charge in [-0.2, -0.15) is 0 Å². The Morgan fingerprint density at radius 3 is 2.29 bits per heavy atom. The lowest BCUT2D eigenvalue weighted by molar-refractivity contribution is -0.858. The molecule has 1 atom stereocenters. The maximum atomic E-state index is 9.76. The molecule has 0 saturated carbocycles. The molecule has 0 spiro atoms. The highest BCUT2D eigenvalue weighted by atomic mass is 35.5. The molecular weight excluding hydrogens is 198 g/mol. The number of benzene rings is 1. The van der Waals surface area contributed by atoms with Gasteiger partial charge in [-0.05, 0) is 5.56 Å². The lowest BCUT2D eigenvalue weighted by Gasteiger charge is -2.12. The average molecular weight is 216 g/mol. The van der Waals surface area contributed by atoms with Crippen LogP contribution in [0.25, 0.3) is 0 Å². The van der Waals surface area contributed by atoms with Crippen LogP contribution in [0.15, 0.2) is 30.3 Å². The van der Waals surface area contributed by atoms with Crippen molar-refractivity contribution in [3.8, 4) is 0 Å². The van der Waals surface area contributed by atoms with E-state index in [2.05, 4.69) is 14.1 Å². The molecule has 0 radical (unpaired) electrons. The molecule has 80 valence electrons. The molecule has 2 nitrogen and oxygen atoms in total. The van der Waals surface area contributed by atoms with Gasteiger partial charge in [0.2, 0.25) is 0 Å². The summed E-state index contributed by atoms with van der Waals surface area (Å²) in [5, 5.41) is 9.76. The summed E-state index contributed by atoms with van der Waals surface area (Å²) in [6.45, 7) is 0.996. The predicted molar refractivity (Wildman–Crippen MR) is 53.7 cm³/mol. The normalized spacial score (nSPS) is 12.3. The average Bonchev–Trinajstić information content (AvgIpc) is 2.15. The quantitative estimate of drug-likeness (QED) is 0.560. The summed E-state index contributed by atoms with van der Waals surface area (Å²) in [7, 11) is 4.19. The van der Waals surface area contributed by atoms with E-state index in [9.17, 15) is 5.11 Å². The van der Waals surface area contributed by atoms with Gasteiger partial charge in [-0.1, -0.05) is 30.3 Å². The first-order valence-electron chi connectivity index (χ1n) is 4.72. The minimum absolute atomic E-state index is 0. The molecule has 0 aliphatic carbocycles. The first kappa shape index (κ1) is 13.4. The van der Waals surface area contributed by atoms with Crippen LogP contribution in [-0.2, 0) is 0 Å². The Kier molecular flexibility index (Phi) is 6.54. The van der Waals surface area contributed by atoms with Gasteiger partial charge in [0, 0.05) is 6.42 Å². The summed E-state index contributed by atoms with van der Waals surface area (Å²) < 4.78 is 0. The number of quaternary nitrogens is 1. The highest BCUT2D eigenvalue weighted by Gasteiger charge is 2.07. The molecule has 0 heterocycles. The first-order valence-corrected chi connectivity index (χ1v) is 4.72. The fourth-order valence-corrected chi connectivity index (χ4v) is 1.27. The Morgan fingerprint density at radius 2 is 1.79 bits per heavy atom. The van der Waals surface area contributed by atoms with E-state index in [1.54, 1.807) is 0 Å². The standard InChI is InChI=1S/C11H17NO.ClH/c1-12(2)9-8-11(13)10-6-4-3-5-7-10;/h3-7,11,13H,8-9H2,1-2H3;1H. The van der Waals surface area contributed by atoms with Gasteiger partial charge in [-0.15, -0.1) is 0 Å². The number of nitrogens with one attached hydrogen (secondary N) is 1. The third-order valence-corrected chi connectivity index (χ3v) is 2.10. The summed E-state index contributed by atoms with van der Waals surface area (Å²) in [6, 6.07) is 9.82. The molecule has 0 saturated heterocycles. The second-order valence-corrected chi connectivity index (χ2v) is 3.67. The SMILES string of the molecule is C[NH+](C)CCC(O)c1ccccc1.[Cl-]. The van der Waals surface area contributed by atoms with Gasteiger partial charge >= 0.3 is 0 Å². The molecule has 0 aliphatic rings. The van der Waals surface area contributed by atoms with E-state index < -0.39 is 0 Å². The van der Waals surface area contributed by atoms with Crippen LogP contribution in [-0.4, -0.2) is 25.7 Å². The molecule has 0 bridgehead atoms. The minimum Gasteiger partial charge on any atom is -1.00 e. The van der Waals surface area contributed by atoms with E-state index in [-0.39, 0.29) is 18.5 Å². The van der Waals surface area contributed by atoms with E-state index in [1.165, 1.54) is 4.90 Å². The number of hydrogen-bond acceptors (Lipinski definition) is 1. The van der Waals surface area contributed by atoms with Crippen LogP contribution in [0, 0.1) is 0 Å². The van der Waals surface area contributed by atoms with Crippen molar-refractivity contribution in [2.75, 3.05) is 20.6 Å². The molecule has 3 heteroatoms. The Labute approximate surface area is 92.0 Å². The smallest absolute Gasteiger partial charge is 0.0843 e. The summed E-state index contributed by atoms with van der Waals surface area (Å²) in [5.41, 5.74) is 1.02. The number of halogens is 1. The second-order valence-electron chi connectivity index (χ2n) is 3.67. The second kappa shape index (κ2) is 6.82. The molecule has 14 heavy (non-hydrogen) atoms. The van der Waals surface area contributed by atoms with Gasteiger partial charge in [-0.3, -0.25) is 0 Å². The van der Waals surface area contributed by atoms with Crippen molar-refractivity contribution in [2.24, 2.45) is 0 Å². The highest BCUT2D eigenvalue weighted by Crippen LogP contribution is 2.14. The van der Waals surface area contributed by atoms with Gasteiger partial charge in [0.1, 0.15) is 0 Å². The molecule has 1 aromatic rings. The van der Waals surface area contributed by atoms with Crippen LogP contribution in [0.1, 0.15) is 18.1 Å². The van der Waals surface area contributed by atoms with Crippen LogP contribution in [0.4, 0.5) is 0 Å². The predicted octanol–water partition coefficient (Wildman–Crippen LogP) is -2.74. The van der Waals surface area contributed by atoms with E-state index in [0.29, 0.717) is 0 Å². The van der Waals surface area contributed by atoms with E-state index in [4.69, 9.17) is 0 Å². The molecule has 0 aromatic heterocycles. The van der Waals surface area contributed by atoms with Crippen molar-refractivity contribution in [3.05, 3.63) is 35.9 Å². The third kappa shape index (κ3) is 4.61. The van der Waals surface area contributed by atoms with Crippen molar-refractivity contribution < 1.29 is 22.4 Å². The topological polar surface area (TPSA) is 24.7 Å². The van der Waals surface area contributed by atoms with Gasteiger partial charge in [0.05, 0.1) is 26.7 Å². The Hall–Kier alpha value is -0.570. The van der Waals surface area contributed by atoms with Crippen molar-refractivity contribution >= 4 is 0 Å². The number of aliphatic hydroxyl groups is 1.